The summed E-state index contributed by atoms with van der Waals surface area (Å²) in [6, 6.07) is 0.410. The van der Waals surface area contributed by atoms with Crippen LogP contribution >= 0.6 is 0 Å². The van der Waals surface area contributed by atoms with Crippen LogP contribution in [-0.2, 0) is 4.74 Å². The molecule has 1 saturated carbocycles. The van der Waals surface area contributed by atoms with Gasteiger partial charge in [-0.15, -0.1) is 0 Å². The summed E-state index contributed by atoms with van der Waals surface area (Å²) >= 11 is 0. The van der Waals surface area contributed by atoms with E-state index in [0.717, 1.165) is 12.8 Å². The van der Waals surface area contributed by atoms with Gasteiger partial charge in [-0.25, -0.2) is 4.79 Å². The number of amides is 1. The first kappa shape index (κ1) is 9.77. The highest BCUT2D eigenvalue weighted by molar-refractivity contribution is 5.70. The molecule has 0 radical (unpaired) electrons. The molecule has 0 spiro atoms. The molecule has 0 bridgehead atoms. The SMILES string of the molecule is NCC1CN(C2CCCCC2)C(=O)O1. The van der Waals surface area contributed by atoms with E-state index in [0.29, 0.717) is 19.1 Å². The van der Waals surface area contributed by atoms with E-state index in [2.05, 4.69) is 0 Å². The van der Waals surface area contributed by atoms with E-state index < -0.39 is 0 Å². The van der Waals surface area contributed by atoms with Gasteiger partial charge in [0.15, 0.2) is 0 Å². The minimum Gasteiger partial charge on any atom is -0.443 e. The number of cyclic esters (lactones) is 1. The van der Waals surface area contributed by atoms with Crippen molar-refractivity contribution in [1.82, 2.24) is 4.90 Å². The molecule has 1 saturated heterocycles. The van der Waals surface area contributed by atoms with E-state index in [9.17, 15) is 4.79 Å². The summed E-state index contributed by atoms with van der Waals surface area (Å²) in [5, 5.41) is 0. The molecule has 2 N–H and O–H groups in total. The molecule has 2 aliphatic rings. The molecule has 4 nitrogen and oxygen atoms in total. The maximum absolute atomic E-state index is 11.5. The monoisotopic (exact) mass is 198 g/mol. The lowest BCUT2D eigenvalue weighted by molar-refractivity contribution is 0.125. The molecule has 14 heavy (non-hydrogen) atoms. The zero-order chi connectivity index (χ0) is 9.97. The molecule has 4 heteroatoms. The van der Waals surface area contributed by atoms with Crippen molar-refractivity contribution in [1.29, 1.82) is 0 Å². The summed E-state index contributed by atoms with van der Waals surface area (Å²) in [7, 11) is 0. The fourth-order valence-electron chi connectivity index (χ4n) is 2.35. The molecule has 80 valence electrons. The van der Waals surface area contributed by atoms with Gasteiger partial charge in [0.1, 0.15) is 6.10 Å². The van der Waals surface area contributed by atoms with Crippen molar-refractivity contribution in [2.75, 3.05) is 13.1 Å². The zero-order valence-electron chi connectivity index (χ0n) is 8.45. The summed E-state index contributed by atoms with van der Waals surface area (Å²) < 4.78 is 5.14. The number of ether oxygens (including phenoxy) is 1. The molecule has 0 aromatic rings. The smallest absolute Gasteiger partial charge is 0.410 e. The third-order valence-corrected chi connectivity index (χ3v) is 3.18. The summed E-state index contributed by atoms with van der Waals surface area (Å²) in [4.78, 5) is 13.4. The normalized spacial score (nSPS) is 29.4. The van der Waals surface area contributed by atoms with Gasteiger partial charge in [0, 0.05) is 12.6 Å². The van der Waals surface area contributed by atoms with Crippen LogP contribution in [0.3, 0.4) is 0 Å². The quantitative estimate of drug-likeness (QED) is 0.722. The van der Waals surface area contributed by atoms with Crippen molar-refractivity contribution < 1.29 is 9.53 Å². The molecule has 0 aromatic heterocycles. The van der Waals surface area contributed by atoms with E-state index in [1.807, 2.05) is 4.90 Å². The molecule has 1 heterocycles. The average Bonchev–Trinajstić information content (AvgIpc) is 2.61. The first-order valence-electron chi connectivity index (χ1n) is 5.48. The molecule has 1 aliphatic heterocycles. The van der Waals surface area contributed by atoms with E-state index in [1.165, 1.54) is 19.3 Å². The number of hydrogen-bond acceptors (Lipinski definition) is 3. The minimum atomic E-state index is -0.160. The van der Waals surface area contributed by atoms with Crippen LogP contribution in [-0.4, -0.2) is 36.2 Å². The van der Waals surface area contributed by atoms with Gasteiger partial charge in [-0.3, -0.25) is 0 Å². The van der Waals surface area contributed by atoms with Gasteiger partial charge in [0.25, 0.3) is 0 Å². The van der Waals surface area contributed by atoms with E-state index >= 15 is 0 Å². The second-order valence-electron chi connectivity index (χ2n) is 4.19. The van der Waals surface area contributed by atoms with Crippen molar-refractivity contribution in [3.05, 3.63) is 0 Å². The molecular formula is C10H18N2O2. The number of nitrogens with zero attached hydrogens (tertiary/aromatic N) is 1. The Morgan fingerprint density at radius 2 is 2.07 bits per heavy atom. The molecule has 1 amide bonds. The van der Waals surface area contributed by atoms with Gasteiger partial charge in [-0.1, -0.05) is 19.3 Å². The van der Waals surface area contributed by atoms with Gasteiger partial charge < -0.3 is 15.4 Å². The maximum Gasteiger partial charge on any atom is 0.410 e. The Morgan fingerprint density at radius 1 is 1.36 bits per heavy atom. The second kappa shape index (κ2) is 4.17. The molecule has 1 aliphatic carbocycles. The number of hydrogen-bond donors (Lipinski definition) is 1. The fourth-order valence-corrected chi connectivity index (χ4v) is 2.35. The van der Waals surface area contributed by atoms with Crippen LogP contribution in [0.25, 0.3) is 0 Å². The highest BCUT2D eigenvalue weighted by Crippen LogP contribution is 2.26. The standard InChI is InChI=1S/C10H18N2O2/c11-6-9-7-12(10(13)14-9)8-4-2-1-3-5-8/h8-9H,1-7,11H2. The van der Waals surface area contributed by atoms with Crippen LogP contribution in [0.4, 0.5) is 4.79 Å². The van der Waals surface area contributed by atoms with Crippen LogP contribution in [0.2, 0.25) is 0 Å². The van der Waals surface area contributed by atoms with Crippen LogP contribution in [0.15, 0.2) is 0 Å². The van der Waals surface area contributed by atoms with Crippen molar-refractivity contribution in [3.63, 3.8) is 0 Å². The zero-order valence-corrected chi connectivity index (χ0v) is 8.45. The Hall–Kier alpha value is -0.770. The highest BCUT2D eigenvalue weighted by atomic mass is 16.6. The first-order chi connectivity index (χ1) is 6.81. The summed E-state index contributed by atoms with van der Waals surface area (Å²) in [5.74, 6) is 0. The molecule has 1 unspecified atom stereocenters. The maximum atomic E-state index is 11.5. The van der Waals surface area contributed by atoms with E-state index in [4.69, 9.17) is 10.5 Å². The third kappa shape index (κ3) is 1.85. The Morgan fingerprint density at radius 3 is 2.64 bits per heavy atom. The number of carbonyl (C=O) groups excluding carboxylic acids is 1. The number of nitrogens with two attached hydrogens (primary N) is 1. The lowest BCUT2D eigenvalue weighted by Crippen LogP contribution is -2.38. The van der Waals surface area contributed by atoms with Crippen molar-refractivity contribution >= 4 is 6.09 Å². The highest BCUT2D eigenvalue weighted by Gasteiger charge is 2.35. The fraction of sp³-hybridized carbons (Fsp3) is 0.900. The van der Waals surface area contributed by atoms with Crippen molar-refractivity contribution in [2.24, 2.45) is 5.73 Å². The van der Waals surface area contributed by atoms with Crippen LogP contribution < -0.4 is 5.73 Å². The molecule has 2 fully saturated rings. The lowest BCUT2D eigenvalue weighted by atomic mass is 9.94. The predicted molar refractivity (Wildman–Crippen MR) is 52.9 cm³/mol. The van der Waals surface area contributed by atoms with Crippen molar-refractivity contribution in [2.45, 2.75) is 44.2 Å². The summed E-state index contributed by atoms with van der Waals surface area (Å²) in [5.41, 5.74) is 5.48. The Kier molecular flexibility index (Phi) is 2.91. The Balaban J connectivity index is 1.93. The topological polar surface area (TPSA) is 55.6 Å². The minimum absolute atomic E-state index is 0.0792. The number of rotatable bonds is 2. The predicted octanol–water partition coefficient (Wildman–Crippen LogP) is 1.10. The summed E-state index contributed by atoms with van der Waals surface area (Å²) in [6.07, 6.45) is 5.80. The van der Waals surface area contributed by atoms with Gasteiger partial charge in [-0.2, -0.15) is 0 Å². The third-order valence-electron chi connectivity index (χ3n) is 3.18. The molecule has 2 rings (SSSR count). The Labute approximate surface area is 84.4 Å². The lowest BCUT2D eigenvalue weighted by Gasteiger charge is -2.28. The van der Waals surface area contributed by atoms with Crippen LogP contribution in [0.5, 0.6) is 0 Å². The van der Waals surface area contributed by atoms with Crippen LogP contribution in [0.1, 0.15) is 32.1 Å². The average molecular weight is 198 g/mol. The second-order valence-corrected chi connectivity index (χ2v) is 4.19. The van der Waals surface area contributed by atoms with Crippen LogP contribution in [0, 0.1) is 0 Å². The molecular weight excluding hydrogens is 180 g/mol. The Bertz CT molecular complexity index is 214. The summed E-state index contributed by atoms with van der Waals surface area (Å²) in [6.45, 7) is 1.13. The van der Waals surface area contributed by atoms with E-state index in [1.54, 1.807) is 0 Å². The van der Waals surface area contributed by atoms with E-state index in [-0.39, 0.29) is 12.2 Å². The van der Waals surface area contributed by atoms with Crippen molar-refractivity contribution in [3.8, 4) is 0 Å². The first-order valence-corrected chi connectivity index (χ1v) is 5.48. The van der Waals surface area contributed by atoms with Gasteiger partial charge in [-0.05, 0) is 12.8 Å². The molecule has 1 atom stereocenters. The largest absolute Gasteiger partial charge is 0.443 e. The van der Waals surface area contributed by atoms with Gasteiger partial charge >= 0.3 is 6.09 Å². The number of carbonyl (C=O) groups is 1. The van der Waals surface area contributed by atoms with Gasteiger partial charge in [0.2, 0.25) is 0 Å². The van der Waals surface area contributed by atoms with Gasteiger partial charge in [0.05, 0.1) is 6.54 Å². The molecule has 0 aromatic carbocycles.